The van der Waals surface area contributed by atoms with Gasteiger partial charge in [0.05, 0.1) is 24.0 Å². The zero-order chi connectivity index (χ0) is 15.2. The van der Waals surface area contributed by atoms with Crippen molar-refractivity contribution in [3.63, 3.8) is 0 Å². The summed E-state index contributed by atoms with van der Waals surface area (Å²) in [6, 6.07) is 9.87. The summed E-state index contributed by atoms with van der Waals surface area (Å²) >= 11 is 11.9. The van der Waals surface area contributed by atoms with Crippen molar-refractivity contribution in [3.05, 3.63) is 58.1 Å². The van der Waals surface area contributed by atoms with Crippen LogP contribution in [0, 0.1) is 0 Å². The zero-order valence-corrected chi connectivity index (χ0v) is 13.1. The van der Waals surface area contributed by atoms with Crippen molar-refractivity contribution in [2.45, 2.75) is 25.5 Å². The number of aliphatic hydroxyl groups excluding tert-OH is 1. The normalized spacial score (nSPS) is 13.9. The smallest absolute Gasteiger partial charge is 0.153 e. The Labute approximate surface area is 134 Å². The second-order valence-electron chi connectivity index (χ2n) is 4.87. The summed E-state index contributed by atoms with van der Waals surface area (Å²) in [5, 5.41) is 13.3. The molecule has 6 heteroatoms. The molecule has 2 atom stereocenters. The van der Waals surface area contributed by atoms with E-state index >= 15 is 0 Å². The van der Waals surface area contributed by atoms with Crippen molar-refractivity contribution in [3.8, 4) is 0 Å². The molecule has 21 heavy (non-hydrogen) atoms. The maximum atomic E-state index is 9.48. The third kappa shape index (κ3) is 4.93. The van der Waals surface area contributed by atoms with E-state index in [2.05, 4.69) is 15.3 Å². The Kier molecular flexibility index (Phi) is 5.94. The summed E-state index contributed by atoms with van der Waals surface area (Å²) in [7, 11) is 0. The fraction of sp³-hybridized carbons (Fsp3) is 0.333. The van der Waals surface area contributed by atoms with E-state index in [4.69, 9.17) is 23.2 Å². The Morgan fingerprint density at radius 1 is 1.24 bits per heavy atom. The van der Waals surface area contributed by atoms with E-state index in [-0.39, 0.29) is 16.3 Å². The first-order valence-electron chi connectivity index (χ1n) is 6.69. The maximum Gasteiger partial charge on any atom is 0.153 e. The summed E-state index contributed by atoms with van der Waals surface area (Å²) < 4.78 is 0. The maximum absolute atomic E-state index is 9.48. The molecule has 1 unspecified atom stereocenters. The van der Waals surface area contributed by atoms with Gasteiger partial charge in [0.15, 0.2) is 5.15 Å². The summed E-state index contributed by atoms with van der Waals surface area (Å²) in [5.74, 6) is 0. The molecule has 0 amide bonds. The van der Waals surface area contributed by atoms with Gasteiger partial charge in [0.2, 0.25) is 0 Å². The molecule has 0 saturated carbocycles. The van der Waals surface area contributed by atoms with Crippen LogP contribution in [-0.2, 0) is 6.42 Å². The molecule has 0 spiro atoms. The number of aliphatic hydroxyl groups is 1. The lowest BCUT2D eigenvalue weighted by atomic mass is 10.0. The molecule has 2 N–H and O–H groups in total. The first-order chi connectivity index (χ1) is 10.1. The fourth-order valence-corrected chi connectivity index (χ4v) is 2.47. The van der Waals surface area contributed by atoms with Crippen LogP contribution >= 0.6 is 23.2 Å². The molecule has 0 bridgehead atoms. The minimum atomic E-state index is -0.456. The van der Waals surface area contributed by atoms with Gasteiger partial charge in [-0.05, 0) is 18.9 Å². The van der Waals surface area contributed by atoms with Crippen LogP contribution in [0.5, 0.6) is 0 Å². The van der Waals surface area contributed by atoms with Crippen molar-refractivity contribution in [2.24, 2.45) is 0 Å². The van der Waals surface area contributed by atoms with Crippen LogP contribution in [0.15, 0.2) is 36.5 Å². The third-order valence-electron chi connectivity index (χ3n) is 3.00. The summed E-state index contributed by atoms with van der Waals surface area (Å²) in [5.41, 5.74) is 1.78. The molecule has 0 radical (unpaired) electrons. The van der Waals surface area contributed by atoms with Gasteiger partial charge < -0.3 is 10.4 Å². The van der Waals surface area contributed by atoms with Gasteiger partial charge in [-0.15, -0.1) is 0 Å². The fourth-order valence-electron chi connectivity index (χ4n) is 2.02. The quantitative estimate of drug-likeness (QED) is 0.857. The lowest BCUT2D eigenvalue weighted by Crippen LogP contribution is -2.31. The molecule has 2 rings (SSSR count). The first-order valence-corrected chi connectivity index (χ1v) is 7.45. The number of benzene rings is 1. The van der Waals surface area contributed by atoms with Gasteiger partial charge in [-0.25, -0.2) is 4.98 Å². The molecule has 4 nitrogen and oxygen atoms in total. The number of nitrogens with zero attached hydrogens (tertiary/aromatic N) is 2. The molecule has 0 aliphatic heterocycles. The molecule has 0 saturated heterocycles. The number of rotatable bonds is 6. The van der Waals surface area contributed by atoms with Gasteiger partial charge >= 0.3 is 0 Å². The second kappa shape index (κ2) is 7.71. The Bertz CT molecular complexity index is 578. The van der Waals surface area contributed by atoms with Crippen molar-refractivity contribution in [1.82, 2.24) is 15.3 Å². The number of aromatic nitrogens is 2. The summed E-state index contributed by atoms with van der Waals surface area (Å²) in [6.07, 6.45) is 1.72. The van der Waals surface area contributed by atoms with E-state index in [0.29, 0.717) is 18.7 Å². The van der Waals surface area contributed by atoms with Crippen molar-refractivity contribution >= 4 is 23.2 Å². The van der Waals surface area contributed by atoms with Crippen LogP contribution in [0.2, 0.25) is 10.3 Å². The number of hydrogen-bond donors (Lipinski definition) is 2. The molecule has 0 aliphatic rings. The zero-order valence-electron chi connectivity index (χ0n) is 11.6. The van der Waals surface area contributed by atoms with Crippen LogP contribution in [0.4, 0.5) is 0 Å². The third-order valence-corrected chi connectivity index (χ3v) is 3.46. The predicted molar refractivity (Wildman–Crippen MR) is 84.6 cm³/mol. The molecule has 1 heterocycles. The second-order valence-corrected chi connectivity index (χ2v) is 5.61. The number of nitrogens with one attached hydrogen (secondary N) is 1. The van der Waals surface area contributed by atoms with E-state index in [1.54, 1.807) is 6.92 Å². The average molecular weight is 326 g/mol. The van der Waals surface area contributed by atoms with Crippen LogP contribution in [-0.4, -0.2) is 27.7 Å². The van der Waals surface area contributed by atoms with Gasteiger partial charge in [0, 0.05) is 6.54 Å². The van der Waals surface area contributed by atoms with Gasteiger partial charge in [-0.2, -0.15) is 0 Å². The first kappa shape index (κ1) is 16.2. The predicted octanol–water partition coefficient (Wildman–Crippen LogP) is 3.04. The van der Waals surface area contributed by atoms with Gasteiger partial charge in [-0.1, -0.05) is 53.5 Å². The molecule has 1 aromatic heterocycles. The SMILES string of the molecule is C[C@H](O)CNC(Cc1ccccc1)c1ncc(Cl)nc1Cl. The van der Waals surface area contributed by atoms with Crippen LogP contribution in [0.25, 0.3) is 0 Å². The average Bonchev–Trinajstić information content (AvgIpc) is 2.45. The number of halogens is 2. The summed E-state index contributed by atoms with van der Waals surface area (Å²) in [6.45, 7) is 2.17. The topological polar surface area (TPSA) is 58.0 Å². The van der Waals surface area contributed by atoms with Crippen LogP contribution in [0.1, 0.15) is 24.2 Å². The lowest BCUT2D eigenvalue weighted by molar-refractivity contribution is 0.185. The lowest BCUT2D eigenvalue weighted by Gasteiger charge is -2.20. The van der Waals surface area contributed by atoms with Gasteiger partial charge in [0.25, 0.3) is 0 Å². The van der Waals surface area contributed by atoms with Crippen molar-refractivity contribution < 1.29 is 5.11 Å². The van der Waals surface area contributed by atoms with Crippen LogP contribution in [0.3, 0.4) is 0 Å². The van der Waals surface area contributed by atoms with Crippen molar-refractivity contribution in [1.29, 1.82) is 0 Å². The molecular weight excluding hydrogens is 309 g/mol. The highest BCUT2D eigenvalue weighted by molar-refractivity contribution is 6.32. The monoisotopic (exact) mass is 325 g/mol. The van der Waals surface area contributed by atoms with Crippen molar-refractivity contribution in [2.75, 3.05) is 6.54 Å². The molecular formula is C15H17Cl2N3O. The van der Waals surface area contributed by atoms with E-state index in [9.17, 15) is 5.11 Å². The van der Waals surface area contributed by atoms with E-state index in [1.807, 2.05) is 30.3 Å². The molecule has 112 valence electrons. The van der Waals surface area contributed by atoms with E-state index in [1.165, 1.54) is 6.20 Å². The highest BCUT2D eigenvalue weighted by Gasteiger charge is 2.18. The number of hydrogen-bond acceptors (Lipinski definition) is 4. The molecule has 0 fully saturated rings. The van der Waals surface area contributed by atoms with E-state index in [0.717, 1.165) is 5.56 Å². The molecule has 2 aromatic rings. The standard InChI is InChI=1S/C15H17Cl2N3O/c1-10(21)8-18-12(7-11-5-3-2-4-6-11)14-15(17)20-13(16)9-19-14/h2-6,9-10,12,18,21H,7-8H2,1H3/t10-,12?/m0/s1. The minimum absolute atomic E-state index is 0.140. The Balaban J connectivity index is 2.22. The van der Waals surface area contributed by atoms with E-state index < -0.39 is 6.10 Å². The molecule has 1 aromatic carbocycles. The Morgan fingerprint density at radius 2 is 1.95 bits per heavy atom. The largest absolute Gasteiger partial charge is 0.392 e. The minimum Gasteiger partial charge on any atom is -0.392 e. The Morgan fingerprint density at radius 3 is 2.57 bits per heavy atom. The highest BCUT2D eigenvalue weighted by atomic mass is 35.5. The van der Waals surface area contributed by atoms with Gasteiger partial charge in [-0.3, -0.25) is 4.98 Å². The highest BCUT2D eigenvalue weighted by Crippen LogP contribution is 2.23. The Hall–Kier alpha value is -1.20. The molecule has 0 aliphatic carbocycles. The summed E-state index contributed by atoms with van der Waals surface area (Å²) in [4.78, 5) is 8.31. The van der Waals surface area contributed by atoms with Gasteiger partial charge in [0.1, 0.15) is 5.15 Å². The van der Waals surface area contributed by atoms with Crippen LogP contribution < -0.4 is 5.32 Å².